The fraction of sp³-hybridized carbons (Fsp3) is 0. The second-order valence-corrected chi connectivity index (χ2v) is 11.3. The molecule has 9 rings (SSSR count). The number of aromatic nitrogens is 8. The number of nitrogens with zero attached hydrogens (tertiary/aromatic N) is 8. The van der Waals surface area contributed by atoms with E-state index in [4.69, 9.17) is 74.7 Å². The molecule has 0 spiro atoms. The number of hydrogen-bond donors (Lipinski definition) is 1. The Morgan fingerprint density at radius 2 is 0.822 bits per heavy atom. The molecule has 45 heavy (non-hydrogen) atoms. The molecular formula is C32H13Cl3CuN8O. The summed E-state index contributed by atoms with van der Waals surface area (Å²) >= 11 is 19.6. The maximum absolute atomic E-state index is 11.2. The summed E-state index contributed by atoms with van der Waals surface area (Å²) in [5, 5.41) is 13.2. The minimum atomic E-state index is -0.321. The van der Waals surface area contributed by atoms with E-state index in [0.29, 0.717) is 34.6 Å². The van der Waals surface area contributed by atoms with Crippen molar-refractivity contribution >= 4 is 78.9 Å². The zero-order valence-corrected chi connectivity index (χ0v) is 25.6. The average Bonchev–Trinajstić information content (AvgIpc) is 3.78. The predicted molar refractivity (Wildman–Crippen MR) is 171 cm³/mol. The van der Waals surface area contributed by atoms with Gasteiger partial charge in [0.05, 0.1) is 33.3 Å². The van der Waals surface area contributed by atoms with Gasteiger partial charge in [-0.3, -0.25) is 0 Å². The molecule has 0 aliphatic carbocycles. The molecule has 219 valence electrons. The van der Waals surface area contributed by atoms with E-state index in [-0.39, 0.29) is 60.0 Å². The number of phenols is 1. The van der Waals surface area contributed by atoms with E-state index in [1.54, 1.807) is 0 Å². The minimum Gasteiger partial charge on any atom is -0.506 e. The van der Waals surface area contributed by atoms with Gasteiger partial charge < -0.3 is 35.0 Å². The molecule has 2 aliphatic heterocycles. The molecule has 7 aromatic rings. The zero-order valence-electron chi connectivity index (χ0n) is 22.4. The maximum Gasteiger partial charge on any atom is 2.00 e. The van der Waals surface area contributed by atoms with Gasteiger partial charge >= 0.3 is 17.1 Å². The van der Waals surface area contributed by atoms with Crippen molar-refractivity contribution in [1.82, 2.24) is 39.9 Å². The standard InChI is InChI=1S/C32H13Cl3N8O.Cu/c33-21-19-20(24(44)23(35)22(21)34)32-42-30-18-12-6-4-10-16(18)28(40-30)38-26-14-8-2-1-7-13(14)25(36-26)37-27-15-9-3-5-11-17(15)29(39-27)41-31(19)43-32;/h1-12H,(H-2,36,37,38,39,40,41,42,43,44);/q-2;+2. The van der Waals surface area contributed by atoms with E-state index in [2.05, 4.69) is 0 Å². The molecule has 5 heterocycles. The van der Waals surface area contributed by atoms with E-state index >= 15 is 0 Å². The van der Waals surface area contributed by atoms with E-state index in [1.807, 2.05) is 72.8 Å². The Kier molecular flexibility index (Phi) is 6.35. The molecule has 0 fully saturated rings. The van der Waals surface area contributed by atoms with Crippen LogP contribution >= 0.6 is 34.8 Å². The molecule has 4 aromatic carbocycles. The third-order valence-corrected chi connectivity index (χ3v) is 8.99. The number of aromatic hydroxyl groups is 1. The van der Waals surface area contributed by atoms with Gasteiger partial charge in [0.15, 0.2) is 0 Å². The number of hydrogen-bond acceptors (Lipinski definition) is 7. The van der Waals surface area contributed by atoms with Crippen LogP contribution in [0.15, 0.2) is 72.8 Å². The van der Waals surface area contributed by atoms with Crippen molar-refractivity contribution in [3.05, 3.63) is 87.9 Å². The van der Waals surface area contributed by atoms with E-state index < -0.39 is 0 Å². The molecule has 2 aliphatic rings. The molecule has 3 aromatic heterocycles. The van der Waals surface area contributed by atoms with Crippen LogP contribution in [0.2, 0.25) is 15.1 Å². The second kappa shape index (κ2) is 10.2. The monoisotopic (exact) mass is 693 g/mol. The largest absolute Gasteiger partial charge is 2.00 e. The number of rotatable bonds is 0. The summed E-state index contributed by atoms with van der Waals surface area (Å²) in [6, 6.07) is 22.9. The van der Waals surface area contributed by atoms with Gasteiger partial charge in [-0.2, -0.15) is 0 Å². The van der Waals surface area contributed by atoms with Crippen molar-refractivity contribution in [1.29, 1.82) is 0 Å². The quantitative estimate of drug-likeness (QED) is 0.125. The molecule has 0 saturated heterocycles. The Morgan fingerprint density at radius 3 is 1.29 bits per heavy atom. The van der Waals surface area contributed by atoms with Crippen molar-refractivity contribution in [2.24, 2.45) is 0 Å². The van der Waals surface area contributed by atoms with Crippen LogP contribution < -0.4 is 9.97 Å². The van der Waals surface area contributed by atoms with E-state index in [9.17, 15) is 5.11 Å². The van der Waals surface area contributed by atoms with Crippen molar-refractivity contribution in [2.45, 2.75) is 0 Å². The molecule has 8 bridgehead atoms. The van der Waals surface area contributed by atoms with Crippen LogP contribution in [-0.2, 0) is 17.1 Å². The van der Waals surface area contributed by atoms with Crippen LogP contribution in [-0.4, -0.2) is 35.0 Å². The maximum atomic E-state index is 11.2. The van der Waals surface area contributed by atoms with Gasteiger partial charge in [0.25, 0.3) is 0 Å². The summed E-state index contributed by atoms with van der Waals surface area (Å²) in [7, 11) is 0. The van der Waals surface area contributed by atoms with Crippen LogP contribution in [0.25, 0.3) is 89.7 Å². The second-order valence-electron chi connectivity index (χ2n) is 10.2. The van der Waals surface area contributed by atoms with Crippen molar-refractivity contribution in [2.75, 3.05) is 0 Å². The first-order valence-electron chi connectivity index (χ1n) is 13.4. The Balaban J connectivity index is 0.00000300. The van der Waals surface area contributed by atoms with Gasteiger partial charge in [0.2, 0.25) is 0 Å². The first kappa shape index (κ1) is 27.9. The van der Waals surface area contributed by atoms with Crippen molar-refractivity contribution in [3.8, 4) is 51.3 Å². The molecule has 1 radical (unpaired) electrons. The number of halogens is 3. The van der Waals surface area contributed by atoms with Gasteiger partial charge in [-0.15, -0.1) is 0 Å². The molecule has 0 unspecified atom stereocenters. The average molecular weight is 695 g/mol. The van der Waals surface area contributed by atoms with Crippen molar-refractivity contribution in [3.63, 3.8) is 0 Å². The first-order chi connectivity index (χ1) is 21.5. The first-order valence-corrected chi connectivity index (χ1v) is 14.5. The predicted octanol–water partition coefficient (Wildman–Crippen LogP) is 7.79. The molecule has 0 atom stereocenters. The van der Waals surface area contributed by atoms with E-state index in [1.165, 1.54) is 0 Å². The van der Waals surface area contributed by atoms with Crippen LogP contribution in [0.4, 0.5) is 0 Å². The molecule has 13 heteroatoms. The van der Waals surface area contributed by atoms with Gasteiger partial charge in [-0.25, -0.2) is 9.97 Å². The van der Waals surface area contributed by atoms with Gasteiger partial charge in [-0.05, 0) is 10.8 Å². The van der Waals surface area contributed by atoms with Crippen LogP contribution in [0.5, 0.6) is 5.75 Å². The fourth-order valence-corrected chi connectivity index (χ4v) is 6.34. The zero-order chi connectivity index (χ0) is 29.7. The van der Waals surface area contributed by atoms with Gasteiger partial charge in [-0.1, -0.05) is 108 Å². The van der Waals surface area contributed by atoms with Gasteiger partial charge in [0.1, 0.15) is 10.8 Å². The molecule has 0 amide bonds. The summed E-state index contributed by atoms with van der Waals surface area (Å²) in [6.45, 7) is 0. The summed E-state index contributed by atoms with van der Waals surface area (Å²) in [4.78, 5) is 38.6. The van der Waals surface area contributed by atoms with Gasteiger partial charge in [0, 0.05) is 55.6 Å². The Labute approximate surface area is 278 Å². The summed E-state index contributed by atoms with van der Waals surface area (Å²) in [6.07, 6.45) is 0. The smallest absolute Gasteiger partial charge is 0.506 e. The van der Waals surface area contributed by atoms with Crippen LogP contribution in [0, 0.1) is 0 Å². The molecule has 0 saturated carbocycles. The molecule has 9 nitrogen and oxygen atoms in total. The third kappa shape index (κ3) is 4.07. The number of benzene rings is 4. The fourth-order valence-electron chi connectivity index (χ4n) is 5.64. The van der Waals surface area contributed by atoms with Crippen LogP contribution in [0.3, 0.4) is 0 Å². The molecular weight excluding hydrogens is 682 g/mol. The SMILES string of the molecule is Oc1c(Cl)c(Cl)c(Cl)c2c3nc4nc(nc5[n-]c(nc6nc(nc([n-]3)c12)-c1ccccc1-6)c1ccccc51)-c1ccccc1-4.[Cu+2]. The Morgan fingerprint density at radius 1 is 0.444 bits per heavy atom. The van der Waals surface area contributed by atoms with Crippen LogP contribution in [0.1, 0.15) is 0 Å². The summed E-state index contributed by atoms with van der Waals surface area (Å²) in [5.74, 6) is 1.21. The number of phenolic OH excluding ortho intramolecular Hbond substituents is 1. The summed E-state index contributed by atoms with van der Waals surface area (Å²) in [5.41, 5.74) is 4.19. The topological polar surface area (TPSA) is 126 Å². The van der Waals surface area contributed by atoms with Crippen molar-refractivity contribution < 1.29 is 22.2 Å². The Hall–Kier alpha value is -4.57. The third-order valence-electron chi connectivity index (χ3n) is 7.67. The van der Waals surface area contributed by atoms with E-state index in [0.717, 1.165) is 33.0 Å². The minimum absolute atomic E-state index is 0. The normalized spacial score (nSPS) is 11.8. The Bertz CT molecular complexity index is 2410. The number of fused-ring (bicyclic) bond motifs is 20. The molecule has 1 N–H and O–H groups in total. The summed E-state index contributed by atoms with van der Waals surface area (Å²) < 4.78 is 0.